The summed E-state index contributed by atoms with van der Waals surface area (Å²) in [7, 11) is 0. The van der Waals surface area contributed by atoms with E-state index in [2.05, 4.69) is 15.2 Å². The fraction of sp³-hybridized carbons (Fsp3) is 0.526. The van der Waals surface area contributed by atoms with Gasteiger partial charge in [0, 0.05) is 32.0 Å². The summed E-state index contributed by atoms with van der Waals surface area (Å²) in [6.45, 7) is 2.12. The van der Waals surface area contributed by atoms with Crippen molar-refractivity contribution in [3.05, 3.63) is 24.3 Å². The Labute approximate surface area is 152 Å². The van der Waals surface area contributed by atoms with Gasteiger partial charge in [-0.15, -0.1) is 0 Å². The fourth-order valence-electron chi connectivity index (χ4n) is 3.26. The number of hydrogen-bond donors (Lipinski definition) is 2. The van der Waals surface area contributed by atoms with Crippen molar-refractivity contribution in [2.24, 2.45) is 5.92 Å². The molecule has 7 nitrogen and oxygen atoms in total. The van der Waals surface area contributed by atoms with Gasteiger partial charge in [0.05, 0.1) is 0 Å². The van der Waals surface area contributed by atoms with Crippen LogP contribution in [-0.2, 0) is 9.59 Å². The Bertz CT molecular complexity index is 717. The summed E-state index contributed by atoms with van der Waals surface area (Å²) in [5, 5.41) is 11.6. The summed E-state index contributed by atoms with van der Waals surface area (Å²) >= 11 is 0. The number of hydrogen-bond acceptors (Lipinski definition) is 5. The number of carboxylic acid groups (broad SMARTS) is 1. The maximum atomic E-state index is 12.3. The summed E-state index contributed by atoms with van der Waals surface area (Å²) in [5.41, 5.74) is 1.63. The maximum Gasteiger partial charge on any atom is 0.303 e. The van der Waals surface area contributed by atoms with Crippen LogP contribution in [0.2, 0.25) is 0 Å². The van der Waals surface area contributed by atoms with Crippen LogP contribution in [0.25, 0.3) is 11.1 Å². The number of nitrogens with one attached hydrogen (secondary N) is 1. The topological polar surface area (TPSA) is 95.7 Å². The van der Waals surface area contributed by atoms with Gasteiger partial charge in [-0.2, -0.15) is 4.98 Å². The summed E-state index contributed by atoms with van der Waals surface area (Å²) in [5.74, 6) is -0.644. The minimum atomic E-state index is -0.764. The third kappa shape index (κ3) is 4.74. The number of para-hydroxylation sites is 2. The molecule has 0 atom stereocenters. The number of carbonyl (C=O) groups excluding carboxylic acids is 1. The molecule has 7 heteroatoms. The van der Waals surface area contributed by atoms with Crippen LogP contribution in [-0.4, -0.2) is 41.6 Å². The van der Waals surface area contributed by atoms with E-state index in [1.807, 2.05) is 24.3 Å². The van der Waals surface area contributed by atoms with Gasteiger partial charge in [-0.3, -0.25) is 9.59 Å². The largest absolute Gasteiger partial charge is 0.481 e. The number of nitrogens with zero attached hydrogens (tertiary/aromatic N) is 2. The molecule has 1 amide bonds. The third-order valence-corrected chi connectivity index (χ3v) is 4.79. The lowest BCUT2D eigenvalue weighted by Crippen LogP contribution is -2.40. The summed E-state index contributed by atoms with van der Waals surface area (Å²) < 4.78 is 5.79. The molecular formula is C19H25N3O4. The molecule has 2 N–H and O–H groups in total. The lowest BCUT2D eigenvalue weighted by molar-refractivity contribution is -0.137. The molecule has 140 valence electrons. The average molecular weight is 359 g/mol. The van der Waals surface area contributed by atoms with Gasteiger partial charge in [0.15, 0.2) is 5.58 Å². The first-order valence-corrected chi connectivity index (χ1v) is 9.23. The maximum absolute atomic E-state index is 12.3. The van der Waals surface area contributed by atoms with Crippen LogP contribution in [0.1, 0.15) is 38.5 Å². The number of fused-ring (bicyclic) bond motifs is 1. The van der Waals surface area contributed by atoms with E-state index >= 15 is 0 Å². The molecule has 1 aromatic heterocycles. The number of anilines is 1. The van der Waals surface area contributed by atoms with Crippen molar-refractivity contribution < 1.29 is 19.1 Å². The summed E-state index contributed by atoms with van der Waals surface area (Å²) in [4.78, 5) is 29.3. The number of rotatable bonds is 8. The molecule has 1 saturated heterocycles. The molecule has 0 aliphatic carbocycles. The number of aliphatic carboxylic acids is 1. The van der Waals surface area contributed by atoms with Crippen LogP contribution in [0.5, 0.6) is 0 Å². The monoisotopic (exact) mass is 359 g/mol. The molecule has 0 unspecified atom stereocenters. The van der Waals surface area contributed by atoms with E-state index < -0.39 is 5.97 Å². The van der Waals surface area contributed by atoms with Crippen molar-refractivity contribution in [1.82, 2.24) is 10.3 Å². The fourth-order valence-corrected chi connectivity index (χ4v) is 3.26. The van der Waals surface area contributed by atoms with Crippen LogP contribution < -0.4 is 10.2 Å². The van der Waals surface area contributed by atoms with Crippen LogP contribution >= 0.6 is 0 Å². The van der Waals surface area contributed by atoms with Crippen molar-refractivity contribution in [2.75, 3.05) is 24.5 Å². The van der Waals surface area contributed by atoms with Crippen molar-refractivity contribution in [1.29, 1.82) is 0 Å². The molecule has 1 aromatic carbocycles. The first kappa shape index (κ1) is 18.2. The highest BCUT2D eigenvalue weighted by atomic mass is 16.4. The molecule has 1 aliphatic heterocycles. The van der Waals surface area contributed by atoms with Crippen molar-refractivity contribution in [2.45, 2.75) is 38.5 Å². The Morgan fingerprint density at radius 1 is 1.19 bits per heavy atom. The predicted octanol–water partition coefficient (Wildman–Crippen LogP) is 2.81. The lowest BCUT2D eigenvalue weighted by atomic mass is 9.96. The zero-order chi connectivity index (χ0) is 18.4. The number of carbonyl (C=O) groups is 2. The van der Waals surface area contributed by atoms with Gasteiger partial charge >= 0.3 is 5.97 Å². The summed E-state index contributed by atoms with van der Waals surface area (Å²) in [6.07, 6.45) is 4.06. The van der Waals surface area contributed by atoms with Crippen LogP contribution in [0, 0.1) is 5.92 Å². The number of oxazole rings is 1. The Morgan fingerprint density at radius 2 is 1.96 bits per heavy atom. The molecule has 1 aliphatic rings. The minimum absolute atomic E-state index is 0.0228. The highest BCUT2D eigenvalue weighted by molar-refractivity contribution is 5.79. The van der Waals surface area contributed by atoms with Crippen LogP contribution in [0.3, 0.4) is 0 Å². The highest BCUT2D eigenvalue weighted by Gasteiger charge is 2.26. The van der Waals surface area contributed by atoms with Gasteiger partial charge in [0.1, 0.15) is 5.52 Å². The molecule has 0 spiro atoms. The normalized spacial score (nSPS) is 15.3. The van der Waals surface area contributed by atoms with E-state index in [1.165, 1.54) is 0 Å². The quantitative estimate of drug-likeness (QED) is 0.704. The van der Waals surface area contributed by atoms with E-state index in [9.17, 15) is 9.59 Å². The first-order chi connectivity index (χ1) is 12.6. The van der Waals surface area contributed by atoms with E-state index in [-0.39, 0.29) is 18.2 Å². The molecule has 2 aromatic rings. The third-order valence-electron chi connectivity index (χ3n) is 4.79. The van der Waals surface area contributed by atoms with E-state index in [1.54, 1.807) is 0 Å². The van der Waals surface area contributed by atoms with Crippen molar-refractivity contribution >= 4 is 29.0 Å². The zero-order valence-corrected chi connectivity index (χ0v) is 14.8. The molecular weight excluding hydrogens is 334 g/mol. The smallest absolute Gasteiger partial charge is 0.303 e. The van der Waals surface area contributed by atoms with Gasteiger partial charge in [0.25, 0.3) is 6.01 Å². The lowest BCUT2D eigenvalue weighted by Gasteiger charge is -2.30. The Hall–Kier alpha value is -2.57. The van der Waals surface area contributed by atoms with Crippen LogP contribution in [0.4, 0.5) is 6.01 Å². The van der Waals surface area contributed by atoms with Crippen molar-refractivity contribution in [3.8, 4) is 0 Å². The number of unbranched alkanes of at least 4 members (excludes halogenated alkanes) is 2. The van der Waals surface area contributed by atoms with E-state index in [4.69, 9.17) is 9.52 Å². The van der Waals surface area contributed by atoms with Gasteiger partial charge in [-0.05, 0) is 37.8 Å². The molecule has 26 heavy (non-hydrogen) atoms. The highest BCUT2D eigenvalue weighted by Crippen LogP contribution is 2.26. The second-order valence-electron chi connectivity index (χ2n) is 6.72. The summed E-state index contributed by atoms with van der Waals surface area (Å²) in [6, 6.07) is 8.33. The average Bonchev–Trinajstić information content (AvgIpc) is 3.08. The Morgan fingerprint density at radius 3 is 2.69 bits per heavy atom. The SMILES string of the molecule is O=C(O)CCCCCNC(=O)C1CCN(c2nc3ccccc3o2)CC1. The number of piperidine rings is 1. The number of aromatic nitrogens is 1. The first-order valence-electron chi connectivity index (χ1n) is 9.23. The van der Waals surface area contributed by atoms with Gasteiger partial charge in [-0.1, -0.05) is 18.6 Å². The second kappa shape index (κ2) is 8.69. The van der Waals surface area contributed by atoms with E-state index in [0.717, 1.165) is 49.9 Å². The second-order valence-corrected chi connectivity index (χ2v) is 6.72. The van der Waals surface area contributed by atoms with Gasteiger partial charge in [-0.25, -0.2) is 0 Å². The number of carboxylic acids is 1. The number of benzene rings is 1. The molecule has 0 bridgehead atoms. The molecule has 2 heterocycles. The Balaban J connectivity index is 1.39. The molecule has 3 rings (SSSR count). The standard InChI is InChI=1S/C19H25N3O4/c23-17(24)8-2-1-5-11-20-18(25)14-9-12-22(13-10-14)19-21-15-6-3-4-7-16(15)26-19/h3-4,6-7,14H,1-2,5,8-13H2,(H,20,25)(H,23,24). The molecule has 0 saturated carbocycles. The van der Waals surface area contributed by atoms with Crippen LogP contribution in [0.15, 0.2) is 28.7 Å². The minimum Gasteiger partial charge on any atom is -0.481 e. The zero-order valence-electron chi connectivity index (χ0n) is 14.8. The van der Waals surface area contributed by atoms with E-state index in [0.29, 0.717) is 19.0 Å². The molecule has 1 fully saturated rings. The van der Waals surface area contributed by atoms with Gasteiger partial charge in [0.2, 0.25) is 5.91 Å². The predicted molar refractivity (Wildman–Crippen MR) is 98.1 cm³/mol. The van der Waals surface area contributed by atoms with Crippen molar-refractivity contribution in [3.63, 3.8) is 0 Å². The molecule has 0 radical (unpaired) electrons. The Kier molecular flexibility index (Phi) is 6.09. The number of amides is 1. The van der Waals surface area contributed by atoms with Gasteiger partial charge < -0.3 is 19.7 Å².